The number of thioether (sulfide) groups is 1. The second kappa shape index (κ2) is 6.53. The standard InChI is InChI=1S/C11H12F3NO2S/c12-11(13,14)18-5-4-17-10(16)7-8-2-1-3-9(15)6-8/h1-3,6H,4-5,7,15H2. The summed E-state index contributed by atoms with van der Waals surface area (Å²) in [6, 6.07) is 6.68. The average Bonchev–Trinajstić information content (AvgIpc) is 2.23. The van der Waals surface area contributed by atoms with Crippen molar-refractivity contribution in [3.05, 3.63) is 29.8 Å². The molecule has 0 amide bonds. The van der Waals surface area contributed by atoms with E-state index in [9.17, 15) is 18.0 Å². The molecule has 1 aromatic rings. The number of anilines is 1. The fourth-order valence-corrected chi connectivity index (χ4v) is 1.63. The van der Waals surface area contributed by atoms with Crippen LogP contribution in [0.1, 0.15) is 5.56 Å². The molecule has 0 fully saturated rings. The maximum absolute atomic E-state index is 11.8. The molecule has 2 N–H and O–H groups in total. The first-order chi connectivity index (χ1) is 8.37. The van der Waals surface area contributed by atoms with Crippen LogP contribution in [-0.2, 0) is 16.0 Å². The minimum absolute atomic E-state index is 0.00171. The molecule has 100 valence electrons. The molecular formula is C11H12F3NO2S. The molecule has 0 aromatic heterocycles. The van der Waals surface area contributed by atoms with Gasteiger partial charge in [-0.3, -0.25) is 4.79 Å². The van der Waals surface area contributed by atoms with E-state index in [1.165, 1.54) is 0 Å². The third-order valence-electron chi connectivity index (χ3n) is 1.91. The molecular weight excluding hydrogens is 267 g/mol. The van der Waals surface area contributed by atoms with Crippen LogP contribution < -0.4 is 5.73 Å². The van der Waals surface area contributed by atoms with Crippen molar-refractivity contribution in [1.29, 1.82) is 0 Å². The minimum Gasteiger partial charge on any atom is -0.465 e. The molecule has 18 heavy (non-hydrogen) atoms. The summed E-state index contributed by atoms with van der Waals surface area (Å²) in [5, 5.41) is 0. The van der Waals surface area contributed by atoms with Crippen molar-refractivity contribution >= 4 is 23.4 Å². The number of ether oxygens (including phenoxy) is 1. The first-order valence-corrected chi connectivity index (χ1v) is 6.06. The van der Waals surface area contributed by atoms with E-state index in [2.05, 4.69) is 4.74 Å². The fourth-order valence-electron chi connectivity index (χ4n) is 1.23. The molecule has 1 aromatic carbocycles. The smallest absolute Gasteiger partial charge is 0.441 e. The Kier molecular flexibility index (Phi) is 5.33. The maximum Gasteiger partial charge on any atom is 0.441 e. The Labute approximate surface area is 106 Å². The van der Waals surface area contributed by atoms with Crippen molar-refractivity contribution in [3.8, 4) is 0 Å². The van der Waals surface area contributed by atoms with Crippen molar-refractivity contribution in [2.24, 2.45) is 0 Å². The number of hydrogen-bond donors (Lipinski definition) is 1. The minimum atomic E-state index is -4.29. The molecule has 0 aliphatic heterocycles. The van der Waals surface area contributed by atoms with E-state index in [4.69, 9.17) is 5.73 Å². The number of nitrogen functional groups attached to an aromatic ring is 1. The van der Waals surface area contributed by atoms with Gasteiger partial charge < -0.3 is 10.5 Å². The van der Waals surface area contributed by atoms with Gasteiger partial charge in [0.25, 0.3) is 0 Å². The van der Waals surface area contributed by atoms with Gasteiger partial charge in [0.15, 0.2) is 0 Å². The van der Waals surface area contributed by atoms with Crippen molar-refractivity contribution in [3.63, 3.8) is 0 Å². The molecule has 0 saturated carbocycles. The number of alkyl halides is 3. The molecule has 0 radical (unpaired) electrons. The molecule has 0 aliphatic carbocycles. The second-order valence-electron chi connectivity index (χ2n) is 3.44. The van der Waals surface area contributed by atoms with Gasteiger partial charge >= 0.3 is 11.5 Å². The van der Waals surface area contributed by atoms with Crippen molar-refractivity contribution in [2.45, 2.75) is 11.9 Å². The van der Waals surface area contributed by atoms with Crippen LogP contribution >= 0.6 is 11.8 Å². The third kappa shape index (κ3) is 6.39. The Morgan fingerprint density at radius 3 is 2.72 bits per heavy atom. The fraction of sp³-hybridized carbons (Fsp3) is 0.364. The normalized spacial score (nSPS) is 11.3. The zero-order chi connectivity index (χ0) is 13.6. The van der Waals surface area contributed by atoms with Gasteiger partial charge in [0.05, 0.1) is 6.42 Å². The second-order valence-corrected chi connectivity index (χ2v) is 4.60. The van der Waals surface area contributed by atoms with E-state index in [1.807, 2.05) is 0 Å². The molecule has 0 bridgehead atoms. The summed E-state index contributed by atoms with van der Waals surface area (Å²) in [5.74, 6) is -0.866. The van der Waals surface area contributed by atoms with Gasteiger partial charge in [0.2, 0.25) is 0 Å². The number of hydrogen-bond acceptors (Lipinski definition) is 4. The summed E-state index contributed by atoms with van der Waals surface area (Å²) in [6.07, 6.45) is 0.00171. The summed E-state index contributed by atoms with van der Waals surface area (Å²) in [5.41, 5.74) is 2.42. The van der Waals surface area contributed by atoms with E-state index in [1.54, 1.807) is 24.3 Å². The molecule has 7 heteroatoms. The molecule has 0 spiro atoms. The van der Waals surface area contributed by atoms with Crippen LogP contribution in [0.4, 0.5) is 18.9 Å². The topological polar surface area (TPSA) is 52.3 Å². The van der Waals surface area contributed by atoms with Gasteiger partial charge in [-0.2, -0.15) is 13.2 Å². The van der Waals surface area contributed by atoms with E-state index in [0.717, 1.165) is 0 Å². The van der Waals surface area contributed by atoms with Gasteiger partial charge in [-0.05, 0) is 29.5 Å². The highest BCUT2D eigenvalue weighted by atomic mass is 32.2. The number of halogens is 3. The highest BCUT2D eigenvalue weighted by molar-refractivity contribution is 8.00. The lowest BCUT2D eigenvalue weighted by Crippen LogP contribution is -2.12. The average molecular weight is 279 g/mol. The van der Waals surface area contributed by atoms with Crippen molar-refractivity contribution in [1.82, 2.24) is 0 Å². The number of esters is 1. The predicted molar refractivity (Wildman–Crippen MR) is 64.0 cm³/mol. The van der Waals surface area contributed by atoms with Crippen molar-refractivity contribution < 1.29 is 22.7 Å². The quantitative estimate of drug-likeness (QED) is 0.511. The number of carbonyl (C=O) groups excluding carboxylic acids is 1. The zero-order valence-electron chi connectivity index (χ0n) is 9.37. The number of benzene rings is 1. The Bertz CT molecular complexity index is 410. The van der Waals surface area contributed by atoms with Crippen LogP contribution in [0, 0.1) is 0 Å². The largest absolute Gasteiger partial charge is 0.465 e. The molecule has 0 saturated heterocycles. The van der Waals surface area contributed by atoms with Gasteiger partial charge in [-0.25, -0.2) is 0 Å². The number of carbonyl (C=O) groups is 1. The summed E-state index contributed by atoms with van der Waals surface area (Å²) >= 11 is -0.213. The van der Waals surface area contributed by atoms with Crippen LogP contribution in [0.3, 0.4) is 0 Å². The Morgan fingerprint density at radius 2 is 2.11 bits per heavy atom. The number of rotatable bonds is 5. The van der Waals surface area contributed by atoms with Crippen molar-refractivity contribution in [2.75, 3.05) is 18.1 Å². The SMILES string of the molecule is Nc1cccc(CC(=O)OCCSC(F)(F)F)c1. The van der Waals surface area contributed by atoms with E-state index >= 15 is 0 Å². The lowest BCUT2D eigenvalue weighted by molar-refractivity contribution is -0.142. The highest BCUT2D eigenvalue weighted by Gasteiger charge is 2.27. The Balaban J connectivity index is 2.26. The molecule has 0 heterocycles. The first kappa shape index (κ1) is 14.7. The molecule has 1 rings (SSSR count). The van der Waals surface area contributed by atoms with Crippen LogP contribution in [0.2, 0.25) is 0 Å². The maximum atomic E-state index is 11.8. The van der Waals surface area contributed by atoms with E-state index in [0.29, 0.717) is 11.3 Å². The van der Waals surface area contributed by atoms with Gasteiger partial charge in [-0.1, -0.05) is 12.1 Å². The molecule has 0 unspecified atom stereocenters. The summed E-state index contributed by atoms with van der Waals surface area (Å²) in [6.45, 7) is -0.259. The van der Waals surface area contributed by atoms with E-state index in [-0.39, 0.29) is 30.5 Å². The van der Waals surface area contributed by atoms with Crippen LogP contribution in [0.5, 0.6) is 0 Å². The van der Waals surface area contributed by atoms with Crippen LogP contribution in [-0.4, -0.2) is 23.8 Å². The monoisotopic (exact) mass is 279 g/mol. The number of nitrogens with two attached hydrogens (primary N) is 1. The summed E-state index contributed by atoms with van der Waals surface area (Å²) in [4.78, 5) is 11.3. The lowest BCUT2D eigenvalue weighted by Gasteiger charge is -2.07. The third-order valence-corrected chi connectivity index (χ3v) is 2.61. The summed E-state index contributed by atoms with van der Waals surface area (Å²) in [7, 11) is 0. The Morgan fingerprint density at radius 1 is 1.39 bits per heavy atom. The van der Waals surface area contributed by atoms with Crippen LogP contribution in [0.15, 0.2) is 24.3 Å². The molecule has 3 nitrogen and oxygen atoms in total. The highest BCUT2D eigenvalue weighted by Crippen LogP contribution is 2.29. The van der Waals surface area contributed by atoms with Gasteiger partial charge in [0, 0.05) is 11.4 Å². The first-order valence-electron chi connectivity index (χ1n) is 5.07. The zero-order valence-corrected chi connectivity index (χ0v) is 10.2. The Hall–Kier alpha value is -1.37. The summed E-state index contributed by atoms with van der Waals surface area (Å²) < 4.78 is 40.0. The van der Waals surface area contributed by atoms with Crippen LogP contribution in [0.25, 0.3) is 0 Å². The molecule has 0 aliphatic rings. The predicted octanol–water partition coefficient (Wildman–Crippen LogP) is 2.61. The van der Waals surface area contributed by atoms with Gasteiger partial charge in [-0.15, -0.1) is 0 Å². The molecule has 0 atom stereocenters. The van der Waals surface area contributed by atoms with E-state index < -0.39 is 11.5 Å². The van der Waals surface area contributed by atoms with Gasteiger partial charge in [0.1, 0.15) is 6.61 Å². The lowest BCUT2D eigenvalue weighted by atomic mass is 10.1.